The van der Waals surface area contributed by atoms with Gasteiger partial charge in [-0.15, -0.1) is 0 Å². The van der Waals surface area contributed by atoms with Crippen molar-refractivity contribution in [1.82, 2.24) is 4.57 Å². The van der Waals surface area contributed by atoms with Gasteiger partial charge in [0.05, 0.1) is 23.8 Å². The molecule has 1 aromatic heterocycles. The molecule has 3 rings (SSSR count). The molecule has 0 aliphatic carbocycles. The normalized spacial score (nSPS) is 11.3. The van der Waals surface area contributed by atoms with Gasteiger partial charge in [-0.25, -0.2) is 27.5 Å². The number of aliphatic imine (C=N–C) groups is 2. The van der Waals surface area contributed by atoms with Crippen LogP contribution < -0.4 is 0 Å². The molecular formula is C19H13Cl2F4FeN3. The summed E-state index contributed by atoms with van der Waals surface area (Å²) in [6.45, 7) is 0. The van der Waals surface area contributed by atoms with Gasteiger partial charge in [-0.3, -0.25) is 0 Å². The second kappa shape index (κ2) is 11.2. The molecule has 0 saturated heterocycles. The zero-order valence-corrected chi connectivity index (χ0v) is 17.4. The van der Waals surface area contributed by atoms with Crippen molar-refractivity contribution in [3.05, 3.63) is 83.2 Å². The van der Waals surface area contributed by atoms with Gasteiger partial charge in [0, 0.05) is 7.05 Å². The summed E-state index contributed by atoms with van der Waals surface area (Å²) in [7, 11) is 11.2. The van der Waals surface area contributed by atoms with Gasteiger partial charge >= 0.3 is 33.3 Å². The van der Waals surface area contributed by atoms with Crippen molar-refractivity contribution in [2.45, 2.75) is 0 Å². The van der Waals surface area contributed by atoms with Gasteiger partial charge in [-0.1, -0.05) is 12.1 Å². The summed E-state index contributed by atoms with van der Waals surface area (Å²) in [4.78, 5) is 7.67. The van der Waals surface area contributed by atoms with Crippen molar-refractivity contribution in [3.63, 3.8) is 0 Å². The van der Waals surface area contributed by atoms with Crippen LogP contribution in [0.15, 0.2) is 58.5 Å². The molecule has 29 heavy (non-hydrogen) atoms. The van der Waals surface area contributed by atoms with Crippen molar-refractivity contribution < 1.29 is 30.7 Å². The van der Waals surface area contributed by atoms with E-state index in [2.05, 4.69) is 9.98 Å². The average Bonchev–Trinajstić information content (AvgIpc) is 3.02. The van der Waals surface area contributed by atoms with E-state index in [1.807, 2.05) is 0 Å². The van der Waals surface area contributed by atoms with E-state index >= 15 is 0 Å². The molecule has 10 heteroatoms. The Morgan fingerprint density at radius 3 is 1.34 bits per heavy atom. The summed E-state index contributed by atoms with van der Waals surface area (Å²) >= 11 is 0.194. The third-order valence-electron chi connectivity index (χ3n) is 3.73. The van der Waals surface area contributed by atoms with Crippen LogP contribution >= 0.6 is 20.2 Å². The van der Waals surface area contributed by atoms with Gasteiger partial charge in [0.1, 0.15) is 11.4 Å². The Labute approximate surface area is 179 Å². The van der Waals surface area contributed by atoms with Gasteiger partial charge in [0.15, 0.2) is 23.3 Å². The summed E-state index contributed by atoms with van der Waals surface area (Å²) in [6.07, 6.45) is 2.59. The van der Waals surface area contributed by atoms with Crippen LogP contribution in [0.4, 0.5) is 28.9 Å². The minimum atomic E-state index is -0.771. The number of hydrogen-bond acceptors (Lipinski definition) is 2. The Bertz CT molecular complexity index is 919. The van der Waals surface area contributed by atoms with Crippen LogP contribution in [0.1, 0.15) is 11.4 Å². The molecule has 0 bridgehead atoms. The van der Waals surface area contributed by atoms with Crippen molar-refractivity contribution in [2.75, 3.05) is 0 Å². The standard InChI is InChI=1S/C19H13F4N3.2ClH.Fe/c1-26-12(10-24-18-14(20)4-2-5-15(18)21)8-9-13(26)11-25-19-16(22)6-3-7-17(19)23;;;/h2-11H,1H3;2*1H;/q;;;+2/p-2. The van der Waals surface area contributed by atoms with Crippen molar-refractivity contribution in [1.29, 1.82) is 0 Å². The molecule has 1 heterocycles. The molecule has 3 aromatic rings. The van der Waals surface area contributed by atoms with Crippen molar-refractivity contribution in [3.8, 4) is 0 Å². The molecule has 0 aliphatic rings. The zero-order chi connectivity index (χ0) is 21.4. The van der Waals surface area contributed by atoms with Crippen molar-refractivity contribution in [2.24, 2.45) is 17.0 Å². The van der Waals surface area contributed by atoms with Crippen LogP contribution in [-0.2, 0) is 20.2 Å². The first-order valence-electron chi connectivity index (χ1n) is 7.86. The maximum absolute atomic E-state index is 13.6. The zero-order valence-electron chi connectivity index (χ0n) is 14.7. The molecule has 154 valence electrons. The molecule has 0 amide bonds. The molecule has 3 nitrogen and oxygen atoms in total. The SMILES string of the molecule is Cn1c(C=Nc2c(F)cccc2F)ccc1C=Nc1c(F)cccc1F.[Cl][Fe][Cl]. The Balaban J connectivity index is 0.000000941. The quantitative estimate of drug-likeness (QED) is 0.230. The fraction of sp³-hybridized carbons (Fsp3) is 0.0526. The number of aromatic nitrogens is 1. The van der Waals surface area contributed by atoms with Gasteiger partial charge < -0.3 is 4.57 Å². The number of para-hydroxylation sites is 2. The first-order valence-corrected chi connectivity index (χ1v) is 10.9. The van der Waals surface area contributed by atoms with Crippen LogP contribution in [0.25, 0.3) is 0 Å². The van der Waals surface area contributed by atoms with E-state index in [1.54, 1.807) is 23.7 Å². The van der Waals surface area contributed by atoms with E-state index < -0.39 is 34.6 Å². The Hall–Kier alpha value is -2.12. The maximum atomic E-state index is 13.6. The Kier molecular flexibility index (Phi) is 8.92. The molecule has 0 saturated carbocycles. The topological polar surface area (TPSA) is 29.6 Å². The summed E-state index contributed by atoms with van der Waals surface area (Å²) in [6, 6.07) is 10.2. The van der Waals surface area contributed by atoms with Crippen LogP contribution in [0.5, 0.6) is 0 Å². The second-order valence-electron chi connectivity index (χ2n) is 5.45. The van der Waals surface area contributed by atoms with E-state index in [1.165, 1.54) is 24.6 Å². The fourth-order valence-corrected chi connectivity index (χ4v) is 2.29. The number of benzene rings is 2. The predicted molar refractivity (Wildman–Crippen MR) is 104 cm³/mol. The van der Waals surface area contributed by atoms with Gasteiger partial charge in [0.2, 0.25) is 0 Å². The molecule has 0 radical (unpaired) electrons. The van der Waals surface area contributed by atoms with Crippen LogP contribution in [-0.4, -0.2) is 17.0 Å². The molecule has 2 aromatic carbocycles. The number of halogens is 6. The summed E-state index contributed by atoms with van der Waals surface area (Å²) in [5.41, 5.74) is 0.279. The van der Waals surface area contributed by atoms with Crippen molar-refractivity contribution >= 4 is 44.0 Å². The average molecular weight is 486 g/mol. The van der Waals surface area contributed by atoms with E-state index in [9.17, 15) is 17.6 Å². The molecule has 0 aliphatic heterocycles. The van der Waals surface area contributed by atoms with Gasteiger partial charge in [0.25, 0.3) is 0 Å². The minimum absolute atomic E-state index is 0.194. The predicted octanol–water partition coefficient (Wildman–Crippen LogP) is 6.46. The molecule has 0 atom stereocenters. The summed E-state index contributed by atoms with van der Waals surface area (Å²) in [5.74, 6) is -3.08. The third-order valence-corrected chi connectivity index (χ3v) is 3.73. The second-order valence-corrected chi connectivity index (χ2v) is 7.27. The van der Waals surface area contributed by atoms with Crippen LogP contribution in [0.3, 0.4) is 0 Å². The van der Waals surface area contributed by atoms with Gasteiger partial charge in [-0.2, -0.15) is 0 Å². The van der Waals surface area contributed by atoms with E-state index in [0.29, 0.717) is 11.4 Å². The first-order chi connectivity index (χ1) is 13.9. The Morgan fingerprint density at radius 2 is 1.03 bits per heavy atom. The molecular weight excluding hydrogens is 473 g/mol. The van der Waals surface area contributed by atoms with E-state index in [4.69, 9.17) is 20.2 Å². The molecule has 0 unspecified atom stereocenters. The van der Waals surface area contributed by atoms with Gasteiger partial charge in [-0.05, 0) is 36.4 Å². The molecule has 0 N–H and O–H groups in total. The fourth-order valence-electron chi connectivity index (χ4n) is 2.29. The summed E-state index contributed by atoms with van der Waals surface area (Å²) in [5, 5.41) is 0. The first kappa shape index (κ1) is 23.2. The molecule has 0 spiro atoms. The number of nitrogens with zero attached hydrogens (tertiary/aromatic N) is 3. The van der Waals surface area contributed by atoms with E-state index in [0.717, 1.165) is 24.3 Å². The molecule has 0 fully saturated rings. The summed E-state index contributed by atoms with van der Waals surface area (Å²) < 4.78 is 56.0. The Morgan fingerprint density at radius 1 is 0.724 bits per heavy atom. The third kappa shape index (κ3) is 6.18. The van der Waals surface area contributed by atoms with Crippen LogP contribution in [0, 0.1) is 23.3 Å². The monoisotopic (exact) mass is 485 g/mol. The number of rotatable bonds is 4. The van der Waals surface area contributed by atoms with E-state index in [-0.39, 0.29) is 13.1 Å². The number of hydrogen-bond donors (Lipinski definition) is 0. The van der Waals surface area contributed by atoms with Crippen LogP contribution in [0.2, 0.25) is 0 Å².